The van der Waals surface area contributed by atoms with Gasteiger partial charge < -0.3 is 5.32 Å². The first-order chi connectivity index (χ1) is 9.74. The Kier molecular flexibility index (Phi) is 3.04. The summed E-state index contributed by atoms with van der Waals surface area (Å²) in [5, 5.41) is 3.53. The third-order valence-corrected chi connectivity index (χ3v) is 5.86. The summed E-state index contributed by atoms with van der Waals surface area (Å²) in [5.74, 6) is 1.59. The number of benzene rings is 1. The molecule has 0 aromatic heterocycles. The number of dihydropyridines is 1. The number of nitrogens with one attached hydrogen (secondary N) is 1. The Labute approximate surface area is 130 Å². The van der Waals surface area contributed by atoms with E-state index in [2.05, 4.69) is 39.4 Å². The molecule has 0 saturated heterocycles. The molecule has 3 aliphatic rings. The number of carbonyl (C=O) groups excluding carboxylic acids is 1. The van der Waals surface area contributed by atoms with E-state index in [1.54, 1.807) is 0 Å². The Bertz CT molecular complexity index is 677. The molecule has 0 bridgehead atoms. The van der Waals surface area contributed by atoms with Gasteiger partial charge in [0.05, 0.1) is 0 Å². The Morgan fingerprint density at radius 2 is 2.10 bits per heavy atom. The van der Waals surface area contributed by atoms with Crippen molar-refractivity contribution in [3.05, 3.63) is 56.2 Å². The van der Waals surface area contributed by atoms with Gasteiger partial charge in [-0.2, -0.15) is 0 Å². The van der Waals surface area contributed by atoms with E-state index in [0.717, 1.165) is 28.6 Å². The first kappa shape index (κ1) is 12.7. The van der Waals surface area contributed by atoms with Crippen LogP contribution in [0.1, 0.15) is 30.7 Å². The smallest absolute Gasteiger partial charge is 0.161 e. The molecule has 2 nitrogen and oxygen atoms in total. The van der Waals surface area contributed by atoms with Gasteiger partial charge in [-0.3, -0.25) is 4.79 Å². The van der Waals surface area contributed by atoms with E-state index in [-0.39, 0.29) is 5.92 Å². The first-order valence-corrected chi connectivity index (χ1v) is 8.66. The largest absolute Gasteiger partial charge is 0.361 e. The van der Waals surface area contributed by atoms with Crippen LogP contribution >= 0.6 is 27.7 Å². The topological polar surface area (TPSA) is 29.1 Å². The number of carbonyl (C=O) groups is 1. The second-order valence-corrected chi connectivity index (χ2v) is 7.42. The second kappa shape index (κ2) is 4.78. The molecule has 0 spiro atoms. The van der Waals surface area contributed by atoms with Crippen LogP contribution in [0.4, 0.5) is 0 Å². The van der Waals surface area contributed by atoms with Gasteiger partial charge in [0.2, 0.25) is 0 Å². The van der Waals surface area contributed by atoms with E-state index < -0.39 is 0 Å². The van der Waals surface area contributed by atoms with Gasteiger partial charge >= 0.3 is 0 Å². The minimum atomic E-state index is 0.154. The van der Waals surface area contributed by atoms with Gasteiger partial charge in [-0.15, -0.1) is 11.8 Å². The molecule has 0 amide bonds. The minimum absolute atomic E-state index is 0.154. The van der Waals surface area contributed by atoms with Crippen LogP contribution in [0.3, 0.4) is 0 Å². The van der Waals surface area contributed by atoms with Crippen molar-refractivity contribution >= 4 is 33.5 Å². The number of rotatable bonds is 1. The molecule has 2 aliphatic heterocycles. The number of allylic oxidation sites excluding steroid dienone is 4. The van der Waals surface area contributed by atoms with Crippen molar-refractivity contribution in [3.8, 4) is 0 Å². The van der Waals surface area contributed by atoms with Crippen LogP contribution in [-0.4, -0.2) is 11.5 Å². The predicted molar refractivity (Wildman–Crippen MR) is 85.4 cm³/mol. The van der Waals surface area contributed by atoms with Gasteiger partial charge in [0.1, 0.15) is 0 Å². The minimum Gasteiger partial charge on any atom is -0.361 e. The molecule has 1 aromatic carbocycles. The zero-order valence-electron chi connectivity index (χ0n) is 10.9. The maximum atomic E-state index is 12.3. The third-order valence-electron chi connectivity index (χ3n) is 4.17. The summed E-state index contributed by atoms with van der Waals surface area (Å²) in [6.45, 7) is 0. The third kappa shape index (κ3) is 1.89. The van der Waals surface area contributed by atoms with Crippen molar-refractivity contribution in [2.24, 2.45) is 0 Å². The fraction of sp³-hybridized carbons (Fsp3) is 0.312. The van der Waals surface area contributed by atoms with Crippen LogP contribution < -0.4 is 5.32 Å². The highest BCUT2D eigenvalue weighted by molar-refractivity contribution is 9.10. The number of thioether (sulfide) groups is 1. The van der Waals surface area contributed by atoms with Gasteiger partial charge in [-0.05, 0) is 30.5 Å². The molecule has 1 unspecified atom stereocenters. The van der Waals surface area contributed by atoms with Crippen molar-refractivity contribution in [2.45, 2.75) is 25.2 Å². The Morgan fingerprint density at radius 1 is 1.20 bits per heavy atom. The molecule has 102 valence electrons. The van der Waals surface area contributed by atoms with Crippen LogP contribution in [-0.2, 0) is 4.79 Å². The molecular formula is C16H14BrNOS. The highest BCUT2D eigenvalue weighted by atomic mass is 79.9. The zero-order chi connectivity index (χ0) is 13.7. The summed E-state index contributed by atoms with van der Waals surface area (Å²) in [6.07, 6.45) is 2.63. The standard InChI is InChI=1S/C16H14BrNOS/c17-10-3-1-2-9(8-10)14-15-11(4-5-13(15)19)18-12-6-7-20-16(12)14/h1-3,8,14,18H,4-7H2. The lowest BCUT2D eigenvalue weighted by molar-refractivity contribution is -0.115. The van der Waals surface area contributed by atoms with Gasteiger partial charge in [0.25, 0.3) is 0 Å². The van der Waals surface area contributed by atoms with Crippen molar-refractivity contribution in [2.75, 3.05) is 5.75 Å². The molecule has 20 heavy (non-hydrogen) atoms. The Morgan fingerprint density at radius 3 is 2.95 bits per heavy atom. The Hall–Kier alpha value is -1.00. The molecule has 0 fully saturated rings. The quantitative estimate of drug-likeness (QED) is 0.828. The monoisotopic (exact) mass is 347 g/mol. The molecule has 4 heteroatoms. The molecule has 1 atom stereocenters. The van der Waals surface area contributed by atoms with Crippen molar-refractivity contribution < 1.29 is 4.79 Å². The van der Waals surface area contributed by atoms with E-state index in [4.69, 9.17) is 0 Å². The van der Waals surface area contributed by atoms with Crippen molar-refractivity contribution in [1.82, 2.24) is 5.32 Å². The van der Waals surface area contributed by atoms with E-state index in [1.165, 1.54) is 21.9 Å². The van der Waals surface area contributed by atoms with Crippen molar-refractivity contribution in [3.63, 3.8) is 0 Å². The van der Waals surface area contributed by atoms with Crippen LogP contribution in [0.2, 0.25) is 0 Å². The molecule has 0 saturated carbocycles. The van der Waals surface area contributed by atoms with E-state index >= 15 is 0 Å². The highest BCUT2D eigenvalue weighted by Gasteiger charge is 2.39. The predicted octanol–water partition coefficient (Wildman–Crippen LogP) is 4.10. The number of Topliss-reactive ketones (excluding diaryl/α,β-unsaturated/α-hetero) is 1. The van der Waals surface area contributed by atoms with Crippen LogP contribution in [0.5, 0.6) is 0 Å². The van der Waals surface area contributed by atoms with Crippen LogP contribution in [0.15, 0.2) is 50.6 Å². The number of hydrogen-bond acceptors (Lipinski definition) is 3. The molecule has 1 N–H and O–H groups in total. The average molecular weight is 348 g/mol. The lowest BCUT2D eigenvalue weighted by Gasteiger charge is -2.27. The molecule has 0 radical (unpaired) electrons. The number of hydrogen-bond donors (Lipinski definition) is 1. The molecule has 1 aliphatic carbocycles. The van der Waals surface area contributed by atoms with Gasteiger partial charge in [-0.1, -0.05) is 28.1 Å². The fourth-order valence-electron chi connectivity index (χ4n) is 3.31. The Balaban J connectivity index is 1.88. The molecule has 2 heterocycles. The second-order valence-electron chi connectivity index (χ2n) is 5.37. The van der Waals surface area contributed by atoms with Crippen molar-refractivity contribution in [1.29, 1.82) is 0 Å². The molecular weight excluding hydrogens is 334 g/mol. The van der Waals surface area contributed by atoms with E-state index in [9.17, 15) is 4.79 Å². The van der Waals surface area contributed by atoms with E-state index in [1.807, 2.05) is 17.8 Å². The summed E-state index contributed by atoms with van der Waals surface area (Å²) in [7, 11) is 0. The lowest BCUT2D eigenvalue weighted by Crippen LogP contribution is -2.23. The van der Waals surface area contributed by atoms with Gasteiger partial charge in [-0.25, -0.2) is 0 Å². The summed E-state index contributed by atoms with van der Waals surface area (Å²) < 4.78 is 1.08. The normalized spacial score (nSPS) is 24.9. The van der Waals surface area contributed by atoms with Gasteiger partial charge in [0, 0.05) is 44.4 Å². The van der Waals surface area contributed by atoms with E-state index in [0.29, 0.717) is 12.2 Å². The zero-order valence-corrected chi connectivity index (χ0v) is 13.3. The first-order valence-electron chi connectivity index (χ1n) is 6.88. The SMILES string of the molecule is O=C1CCC2=C1C(c1cccc(Br)c1)C1=C(CCS1)N2. The highest BCUT2D eigenvalue weighted by Crippen LogP contribution is 2.50. The number of halogens is 1. The molecule has 1 aromatic rings. The maximum absolute atomic E-state index is 12.3. The molecule has 4 rings (SSSR count). The van der Waals surface area contributed by atoms with Crippen LogP contribution in [0.25, 0.3) is 0 Å². The summed E-state index contributed by atoms with van der Waals surface area (Å²) in [6, 6.07) is 8.38. The number of ketones is 1. The summed E-state index contributed by atoms with van der Waals surface area (Å²) >= 11 is 5.45. The summed E-state index contributed by atoms with van der Waals surface area (Å²) in [5.41, 5.74) is 4.75. The summed E-state index contributed by atoms with van der Waals surface area (Å²) in [4.78, 5) is 13.7. The van der Waals surface area contributed by atoms with Gasteiger partial charge in [0.15, 0.2) is 5.78 Å². The average Bonchev–Trinajstić information content (AvgIpc) is 3.04. The fourth-order valence-corrected chi connectivity index (χ4v) is 5.00. The van der Waals surface area contributed by atoms with Crippen LogP contribution in [0, 0.1) is 0 Å². The lowest BCUT2D eigenvalue weighted by atomic mass is 9.86. The maximum Gasteiger partial charge on any atom is 0.161 e.